The number of carboxylic acids is 1. The first kappa shape index (κ1) is 19.7. The normalized spacial score (nSPS) is 12.3. The standard InChI is InChI=1S/C25H20N4O3/c1-16-22(18-10-6-3-7-11-18)23-26-15-19-20(29(23)27-16)12-13-28(24(19)30)21(25(31)32)14-17-8-4-2-5-9-17/h2-13,15,21H,14H2,1H3,(H,31,32)/t21-/m1/s1. The molecule has 3 aromatic heterocycles. The second-order valence-corrected chi connectivity index (χ2v) is 7.69. The molecule has 0 saturated heterocycles. The highest BCUT2D eigenvalue weighted by Gasteiger charge is 2.23. The van der Waals surface area contributed by atoms with Crippen molar-refractivity contribution in [3.05, 3.63) is 101 Å². The van der Waals surface area contributed by atoms with Crippen molar-refractivity contribution in [3.8, 4) is 11.1 Å². The lowest BCUT2D eigenvalue weighted by molar-refractivity contribution is -0.141. The average molecular weight is 424 g/mol. The Labute approximate surface area is 183 Å². The van der Waals surface area contributed by atoms with Crippen LogP contribution in [-0.2, 0) is 11.2 Å². The fourth-order valence-electron chi connectivity index (χ4n) is 4.12. The molecule has 0 bridgehead atoms. The fourth-order valence-corrected chi connectivity index (χ4v) is 4.12. The molecule has 0 radical (unpaired) electrons. The van der Waals surface area contributed by atoms with Crippen LogP contribution in [0.4, 0.5) is 0 Å². The highest BCUT2D eigenvalue weighted by atomic mass is 16.4. The minimum atomic E-state index is -1.06. The van der Waals surface area contributed by atoms with Gasteiger partial charge in [0.15, 0.2) is 5.65 Å². The minimum Gasteiger partial charge on any atom is -0.480 e. The van der Waals surface area contributed by atoms with Gasteiger partial charge in [0, 0.05) is 24.4 Å². The largest absolute Gasteiger partial charge is 0.480 e. The lowest BCUT2D eigenvalue weighted by atomic mass is 10.1. The third kappa shape index (κ3) is 3.24. The second kappa shape index (κ2) is 7.77. The monoisotopic (exact) mass is 424 g/mol. The van der Waals surface area contributed by atoms with Gasteiger partial charge in [0.05, 0.1) is 16.6 Å². The second-order valence-electron chi connectivity index (χ2n) is 7.69. The highest BCUT2D eigenvalue weighted by molar-refractivity contribution is 5.86. The molecule has 0 amide bonds. The van der Waals surface area contributed by atoms with E-state index >= 15 is 0 Å². The molecule has 158 valence electrons. The molecular formula is C25H20N4O3. The number of aryl methyl sites for hydroxylation is 1. The number of nitrogens with zero attached hydrogens (tertiary/aromatic N) is 4. The predicted molar refractivity (Wildman–Crippen MR) is 122 cm³/mol. The number of carboxylic acid groups (broad SMARTS) is 1. The van der Waals surface area contributed by atoms with Gasteiger partial charge in [-0.05, 0) is 24.1 Å². The number of aromatic nitrogens is 4. The first-order valence-corrected chi connectivity index (χ1v) is 10.3. The summed E-state index contributed by atoms with van der Waals surface area (Å²) in [5, 5.41) is 14.8. The van der Waals surface area contributed by atoms with Gasteiger partial charge in [-0.2, -0.15) is 5.10 Å². The van der Waals surface area contributed by atoms with Crippen LogP contribution in [0.15, 0.2) is 83.9 Å². The molecule has 5 aromatic rings. The van der Waals surface area contributed by atoms with Crippen LogP contribution in [0.25, 0.3) is 27.7 Å². The Kier molecular flexibility index (Phi) is 4.78. The number of hydrogen-bond acceptors (Lipinski definition) is 4. The van der Waals surface area contributed by atoms with Crippen LogP contribution in [0, 0.1) is 6.92 Å². The molecule has 0 spiro atoms. The summed E-state index contributed by atoms with van der Waals surface area (Å²) in [5.41, 5.74) is 4.37. The van der Waals surface area contributed by atoms with E-state index in [-0.39, 0.29) is 6.42 Å². The van der Waals surface area contributed by atoms with E-state index in [1.807, 2.05) is 67.6 Å². The number of fused-ring (bicyclic) bond motifs is 3. The fraction of sp³-hybridized carbons (Fsp3) is 0.120. The molecule has 1 atom stereocenters. The molecule has 7 nitrogen and oxygen atoms in total. The van der Waals surface area contributed by atoms with Crippen LogP contribution in [-0.4, -0.2) is 30.2 Å². The van der Waals surface area contributed by atoms with E-state index in [2.05, 4.69) is 10.1 Å². The number of carbonyl (C=O) groups is 1. The zero-order chi connectivity index (χ0) is 22.2. The van der Waals surface area contributed by atoms with E-state index in [9.17, 15) is 14.7 Å². The summed E-state index contributed by atoms with van der Waals surface area (Å²) >= 11 is 0. The maximum Gasteiger partial charge on any atom is 0.327 e. The lowest BCUT2D eigenvalue weighted by Gasteiger charge is -2.16. The number of rotatable bonds is 5. The average Bonchev–Trinajstić information content (AvgIpc) is 3.15. The van der Waals surface area contributed by atoms with Gasteiger partial charge in [-0.25, -0.2) is 14.3 Å². The third-order valence-electron chi connectivity index (χ3n) is 5.67. The zero-order valence-corrected chi connectivity index (χ0v) is 17.3. The first-order chi connectivity index (χ1) is 15.5. The van der Waals surface area contributed by atoms with Crippen molar-refractivity contribution in [3.63, 3.8) is 0 Å². The molecule has 7 heteroatoms. The summed E-state index contributed by atoms with van der Waals surface area (Å²) in [6.45, 7) is 1.91. The molecule has 0 aliphatic carbocycles. The molecule has 0 aliphatic rings. The van der Waals surface area contributed by atoms with Gasteiger partial charge in [0.25, 0.3) is 5.56 Å². The van der Waals surface area contributed by atoms with Crippen molar-refractivity contribution in [2.45, 2.75) is 19.4 Å². The molecule has 3 heterocycles. The highest BCUT2D eigenvalue weighted by Crippen LogP contribution is 2.28. The summed E-state index contributed by atoms with van der Waals surface area (Å²) in [5.74, 6) is -1.06. The molecule has 32 heavy (non-hydrogen) atoms. The van der Waals surface area contributed by atoms with Crippen molar-refractivity contribution >= 4 is 22.5 Å². The van der Waals surface area contributed by atoms with E-state index in [4.69, 9.17) is 0 Å². The van der Waals surface area contributed by atoms with Crippen molar-refractivity contribution in [1.82, 2.24) is 19.2 Å². The van der Waals surface area contributed by atoms with E-state index in [0.717, 1.165) is 22.4 Å². The number of benzene rings is 2. The summed E-state index contributed by atoms with van der Waals surface area (Å²) in [4.78, 5) is 29.8. The lowest BCUT2D eigenvalue weighted by Crippen LogP contribution is -2.31. The Morgan fingerprint density at radius 3 is 2.41 bits per heavy atom. The number of hydrogen-bond donors (Lipinski definition) is 1. The van der Waals surface area contributed by atoms with E-state index in [0.29, 0.717) is 16.6 Å². The molecular weight excluding hydrogens is 404 g/mol. The molecule has 5 rings (SSSR count). The van der Waals surface area contributed by atoms with Gasteiger partial charge in [-0.15, -0.1) is 0 Å². The summed E-state index contributed by atoms with van der Waals surface area (Å²) in [6.07, 6.45) is 3.25. The molecule has 0 unspecified atom stereocenters. The summed E-state index contributed by atoms with van der Waals surface area (Å²) in [7, 11) is 0. The van der Waals surface area contributed by atoms with Gasteiger partial charge in [0.1, 0.15) is 6.04 Å². The van der Waals surface area contributed by atoms with Crippen molar-refractivity contribution in [2.24, 2.45) is 0 Å². The molecule has 2 aromatic carbocycles. The van der Waals surface area contributed by atoms with Gasteiger partial charge < -0.3 is 9.67 Å². The zero-order valence-electron chi connectivity index (χ0n) is 17.3. The van der Waals surface area contributed by atoms with E-state index < -0.39 is 17.6 Å². The van der Waals surface area contributed by atoms with Gasteiger partial charge >= 0.3 is 5.97 Å². The van der Waals surface area contributed by atoms with Crippen LogP contribution in [0.1, 0.15) is 17.3 Å². The van der Waals surface area contributed by atoms with Crippen LogP contribution in [0.2, 0.25) is 0 Å². The van der Waals surface area contributed by atoms with Crippen molar-refractivity contribution in [2.75, 3.05) is 0 Å². The van der Waals surface area contributed by atoms with E-state index in [1.54, 1.807) is 10.6 Å². The van der Waals surface area contributed by atoms with Crippen molar-refractivity contribution in [1.29, 1.82) is 0 Å². The van der Waals surface area contributed by atoms with Gasteiger partial charge in [-0.1, -0.05) is 60.7 Å². The Bertz CT molecular complexity index is 1510. The quantitative estimate of drug-likeness (QED) is 0.462. The number of aliphatic carboxylic acids is 1. The molecule has 0 fully saturated rings. The Hall–Kier alpha value is -4.26. The molecule has 0 aliphatic heterocycles. The maximum absolute atomic E-state index is 13.3. The summed E-state index contributed by atoms with van der Waals surface area (Å²) in [6, 6.07) is 19.8. The van der Waals surface area contributed by atoms with Gasteiger partial charge in [0.2, 0.25) is 0 Å². The topological polar surface area (TPSA) is 89.5 Å². The van der Waals surface area contributed by atoms with Gasteiger partial charge in [-0.3, -0.25) is 4.79 Å². The maximum atomic E-state index is 13.3. The third-order valence-corrected chi connectivity index (χ3v) is 5.67. The van der Waals surface area contributed by atoms with E-state index in [1.165, 1.54) is 17.0 Å². The minimum absolute atomic E-state index is 0.205. The Balaban J connectivity index is 1.67. The first-order valence-electron chi connectivity index (χ1n) is 10.3. The Morgan fingerprint density at radius 1 is 1.03 bits per heavy atom. The molecule has 0 saturated carbocycles. The van der Waals surface area contributed by atoms with Crippen LogP contribution < -0.4 is 5.56 Å². The SMILES string of the molecule is Cc1nn2c(ncc3c(=O)n([C@H](Cc4ccccc4)C(=O)O)ccc32)c1-c1ccccc1. The van der Waals surface area contributed by atoms with Crippen LogP contribution >= 0.6 is 0 Å². The van der Waals surface area contributed by atoms with Crippen LogP contribution in [0.5, 0.6) is 0 Å². The predicted octanol–water partition coefficient (Wildman–Crippen LogP) is 3.89. The van der Waals surface area contributed by atoms with Crippen LogP contribution in [0.3, 0.4) is 0 Å². The summed E-state index contributed by atoms with van der Waals surface area (Å²) < 4.78 is 2.92. The number of pyridine rings is 1. The van der Waals surface area contributed by atoms with Crippen molar-refractivity contribution < 1.29 is 9.90 Å². The molecule has 1 N–H and O–H groups in total. The Morgan fingerprint density at radius 2 is 1.72 bits per heavy atom. The smallest absolute Gasteiger partial charge is 0.327 e.